The van der Waals surface area contributed by atoms with Gasteiger partial charge in [0.25, 0.3) is 0 Å². The monoisotopic (exact) mass is 366 g/mol. The maximum atomic E-state index is 12.9. The molecular formula is C19H30N2O3S. The Morgan fingerprint density at radius 1 is 1.12 bits per heavy atom. The average Bonchev–Trinajstić information content (AvgIpc) is 2.52. The summed E-state index contributed by atoms with van der Waals surface area (Å²) in [7, 11) is -2.22. The van der Waals surface area contributed by atoms with E-state index in [4.69, 9.17) is 0 Å². The second-order valence-corrected chi connectivity index (χ2v) is 9.28. The summed E-state index contributed by atoms with van der Waals surface area (Å²) in [6.07, 6.45) is 6.02. The number of rotatable bonds is 6. The van der Waals surface area contributed by atoms with Crippen molar-refractivity contribution in [3.63, 3.8) is 0 Å². The topological polar surface area (TPSA) is 66.5 Å². The molecule has 25 heavy (non-hydrogen) atoms. The first-order valence-electron chi connectivity index (χ1n) is 9.02. The summed E-state index contributed by atoms with van der Waals surface area (Å²) in [6, 6.07) is 3.72. The van der Waals surface area contributed by atoms with Crippen LogP contribution in [0.4, 0.5) is 0 Å². The molecule has 0 saturated heterocycles. The van der Waals surface area contributed by atoms with E-state index in [1.807, 2.05) is 19.1 Å². The van der Waals surface area contributed by atoms with Gasteiger partial charge in [0, 0.05) is 13.6 Å². The number of likely N-dealkylation sites (N-methyl/N-ethyl adjacent to an activating group) is 1. The molecule has 0 aromatic heterocycles. The summed E-state index contributed by atoms with van der Waals surface area (Å²) in [4.78, 5) is 12.5. The lowest BCUT2D eigenvalue weighted by atomic mass is 9.89. The molecule has 1 aliphatic carbocycles. The van der Waals surface area contributed by atoms with Crippen LogP contribution in [0.15, 0.2) is 17.0 Å². The van der Waals surface area contributed by atoms with Crippen LogP contribution >= 0.6 is 0 Å². The molecule has 0 heterocycles. The second kappa shape index (κ2) is 8.32. The predicted molar refractivity (Wildman–Crippen MR) is 100 cm³/mol. The zero-order valence-electron chi connectivity index (χ0n) is 15.8. The first kappa shape index (κ1) is 19.9. The standard InChI is InChI=1S/C19H30N2O3S/c1-14-10-15(2)19(16(3)11-14)25(23,24)21(4)13-18(22)20-12-17-8-6-5-7-9-17/h10-11,17H,5-9,12-13H2,1-4H3,(H,20,22). The summed E-state index contributed by atoms with van der Waals surface area (Å²) < 4.78 is 26.9. The summed E-state index contributed by atoms with van der Waals surface area (Å²) in [5.74, 6) is 0.292. The van der Waals surface area contributed by atoms with Gasteiger partial charge < -0.3 is 5.32 Å². The number of amides is 1. The van der Waals surface area contributed by atoms with Crippen molar-refractivity contribution in [2.45, 2.75) is 57.8 Å². The quantitative estimate of drug-likeness (QED) is 0.842. The van der Waals surface area contributed by atoms with E-state index in [2.05, 4.69) is 5.32 Å². The van der Waals surface area contributed by atoms with E-state index in [1.54, 1.807) is 13.8 Å². The molecule has 1 amide bonds. The van der Waals surface area contributed by atoms with Gasteiger partial charge in [-0.15, -0.1) is 0 Å². The van der Waals surface area contributed by atoms with Gasteiger partial charge in [-0.05, 0) is 50.7 Å². The number of hydrogen-bond acceptors (Lipinski definition) is 3. The van der Waals surface area contributed by atoms with Gasteiger partial charge in [0.05, 0.1) is 11.4 Å². The largest absolute Gasteiger partial charge is 0.355 e. The number of sulfonamides is 1. The first-order valence-corrected chi connectivity index (χ1v) is 10.5. The summed E-state index contributed by atoms with van der Waals surface area (Å²) in [5, 5.41) is 2.90. The second-order valence-electron chi connectivity index (χ2n) is 7.30. The Kier molecular flexibility index (Phi) is 6.63. The fraction of sp³-hybridized carbons (Fsp3) is 0.632. The maximum absolute atomic E-state index is 12.9. The molecule has 5 nitrogen and oxygen atoms in total. The average molecular weight is 367 g/mol. The van der Waals surface area contributed by atoms with Crippen molar-refractivity contribution >= 4 is 15.9 Å². The maximum Gasteiger partial charge on any atom is 0.243 e. The lowest BCUT2D eigenvalue weighted by molar-refractivity contribution is -0.121. The zero-order valence-corrected chi connectivity index (χ0v) is 16.6. The van der Waals surface area contributed by atoms with Crippen molar-refractivity contribution in [2.75, 3.05) is 20.1 Å². The van der Waals surface area contributed by atoms with Gasteiger partial charge >= 0.3 is 0 Å². The highest BCUT2D eigenvalue weighted by Gasteiger charge is 2.26. The van der Waals surface area contributed by atoms with Gasteiger partial charge in [-0.3, -0.25) is 4.79 Å². The Morgan fingerprint density at radius 3 is 2.24 bits per heavy atom. The van der Waals surface area contributed by atoms with E-state index in [0.717, 1.165) is 22.7 Å². The van der Waals surface area contributed by atoms with Crippen LogP contribution in [0, 0.1) is 26.7 Å². The Hall–Kier alpha value is -1.40. The van der Waals surface area contributed by atoms with Crippen LogP contribution in [0.5, 0.6) is 0 Å². The molecular weight excluding hydrogens is 336 g/mol. The lowest BCUT2D eigenvalue weighted by Gasteiger charge is -2.23. The number of benzene rings is 1. The minimum absolute atomic E-state index is 0.151. The molecule has 1 aromatic rings. The number of carbonyl (C=O) groups is 1. The molecule has 1 aromatic carbocycles. The van der Waals surface area contributed by atoms with Crippen LogP contribution in [0.3, 0.4) is 0 Å². The third-order valence-corrected chi connectivity index (χ3v) is 7.06. The van der Waals surface area contributed by atoms with Crippen molar-refractivity contribution in [1.82, 2.24) is 9.62 Å². The molecule has 1 N–H and O–H groups in total. The van der Waals surface area contributed by atoms with E-state index in [-0.39, 0.29) is 12.5 Å². The smallest absolute Gasteiger partial charge is 0.243 e. The van der Waals surface area contributed by atoms with E-state index in [1.165, 1.54) is 26.3 Å². The summed E-state index contributed by atoms with van der Waals surface area (Å²) >= 11 is 0. The number of nitrogens with zero attached hydrogens (tertiary/aromatic N) is 1. The van der Waals surface area contributed by atoms with Crippen LogP contribution in [0.2, 0.25) is 0 Å². The van der Waals surface area contributed by atoms with Crippen LogP contribution in [-0.2, 0) is 14.8 Å². The zero-order chi connectivity index (χ0) is 18.6. The van der Waals surface area contributed by atoms with Gasteiger partial charge in [0.15, 0.2) is 0 Å². The number of hydrogen-bond donors (Lipinski definition) is 1. The van der Waals surface area contributed by atoms with Crippen molar-refractivity contribution < 1.29 is 13.2 Å². The van der Waals surface area contributed by atoms with Crippen molar-refractivity contribution in [1.29, 1.82) is 0 Å². The first-order chi connectivity index (χ1) is 11.7. The van der Waals surface area contributed by atoms with Gasteiger partial charge in [0.2, 0.25) is 15.9 Å². The number of nitrogens with one attached hydrogen (secondary N) is 1. The highest BCUT2D eigenvalue weighted by molar-refractivity contribution is 7.89. The van der Waals surface area contributed by atoms with Crippen LogP contribution in [0.25, 0.3) is 0 Å². The van der Waals surface area contributed by atoms with Crippen molar-refractivity contribution in [2.24, 2.45) is 5.92 Å². The number of aryl methyl sites for hydroxylation is 3. The third kappa shape index (κ3) is 5.05. The Labute approximate surface area is 151 Å². The van der Waals surface area contributed by atoms with Crippen LogP contribution in [-0.4, -0.2) is 38.8 Å². The predicted octanol–water partition coefficient (Wildman–Crippen LogP) is 2.93. The molecule has 0 spiro atoms. The molecule has 0 aliphatic heterocycles. The van der Waals surface area contributed by atoms with Crippen molar-refractivity contribution in [3.05, 3.63) is 28.8 Å². The van der Waals surface area contributed by atoms with E-state index < -0.39 is 10.0 Å². The Balaban J connectivity index is 2.01. The van der Waals surface area contributed by atoms with E-state index in [0.29, 0.717) is 28.5 Å². The molecule has 0 atom stereocenters. The van der Waals surface area contributed by atoms with Crippen LogP contribution in [0.1, 0.15) is 48.8 Å². The third-order valence-electron chi connectivity index (χ3n) is 4.95. The molecule has 1 fully saturated rings. The molecule has 0 unspecified atom stereocenters. The molecule has 1 aliphatic rings. The fourth-order valence-corrected chi connectivity index (χ4v) is 5.25. The van der Waals surface area contributed by atoms with Gasteiger partial charge in [-0.25, -0.2) is 8.42 Å². The van der Waals surface area contributed by atoms with Gasteiger partial charge in [-0.2, -0.15) is 4.31 Å². The Morgan fingerprint density at radius 2 is 1.68 bits per heavy atom. The van der Waals surface area contributed by atoms with Crippen LogP contribution < -0.4 is 5.32 Å². The molecule has 0 bridgehead atoms. The van der Waals surface area contributed by atoms with E-state index >= 15 is 0 Å². The highest BCUT2D eigenvalue weighted by atomic mass is 32.2. The lowest BCUT2D eigenvalue weighted by Crippen LogP contribution is -2.40. The summed E-state index contributed by atoms with van der Waals surface area (Å²) in [6.45, 7) is 6.03. The number of carbonyl (C=O) groups excluding carboxylic acids is 1. The molecule has 140 valence electrons. The minimum Gasteiger partial charge on any atom is -0.355 e. The normalized spacial score (nSPS) is 16.2. The fourth-order valence-electron chi connectivity index (χ4n) is 3.72. The highest BCUT2D eigenvalue weighted by Crippen LogP contribution is 2.25. The molecule has 1 saturated carbocycles. The van der Waals surface area contributed by atoms with Gasteiger partial charge in [0.1, 0.15) is 0 Å². The molecule has 2 rings (SSSR count). The minimum atomic E-state index is -3.68. The molecule has 6 heteroatoms. The molecule has 0 radical (unpaired) electrons. The van der Waals surface area contributed by atoms with Crippen molar-refractivity contribution in [3.8, 4) is 0 Å². The summed E-state index contributed by atoms with van der Waals surface area (Å²) in [5.41, 5.74) is 2.46. The van der Waals surface area contributed by atoms with E-state index in [9.17, 15) is 13.2 Å². The SMILES string of the molecule is Cc1cc(C)c(S(=O)(=O)N(C)CC(=O)NCC2CCCCC2)c(C)c1. The Bertz CT molecular complexity index is 699. The van der Waals surface area contributed by atoms with Gasteiger partial charge in [-0.1, -0.05) is 37.0 Å².